The van der Waals surface area contributed by atoms with Crippen LogP contribution in [0, 0.1) is 0 Å². The summed E-state index contributed by atoms with van der Waals surface area (Å²) in [5.74, 6) is -0.868. The standard InChI is InChI=1S/C14H15ClN4O4S/c15-10-2-1-3-11(8-10)18-4-6-19(7-5-18)24(22,23)12-9-16-14(21)17-13(12)20/h1-3,8-9,12H,4-7H2,(H,17,20,21). The summed E-state index contributed by atoms with van der Waals surface area (Å²) in [6, 6.07) is 6.48. The Bertz CT molecular complexity index is 803. The largest absolute Gasteiger partial charge is 0.369 e. The van der Waals surface area contributed by atoms with Crippen molar-refractivity contribution in [3.63, 3.8) is 0 Å². The van der Waals surface area contributed by atoms with Gasteiger partial charge in [0.05, 0.1) is 0 Å². The molecule has 1 aromatic rings. The number of hydrogen-bond donors (Lipinski definition) is 1. The molecule has 3 rings (SSSR count). The number of imide groups is 1. The van der Waals surface area contributed by atoms with Gasteiger partial charge >= 0.3 is 6.03 Å². The Morgan fingerprint density at radius 3 is 2.50 bits per heavy atom. The van der Waals surface area contributed by atoms with Crippen molar-refractivity contribution < 1.29 is 18.0 Å². The smallest absolute Gasteiger partial charge is 0.347 e. The normalized spacial score (nSPS) is 22.5. The minimum absolute atomic E-state index is 0.237. The summed E-state index contributed by atoms with van der Waals surface area (Å²) in [6.45, 7) is 1.43. The molecule has 10 heteroatoms. The molecule has 1 N–H and O–H groups in total. The molecule has 3 amide bonds. The van der Waals surface area contributed by atoms with E-state index in [1.165, 1.54) is 4.31 Å². The highest BCUT2D eigenvalue weighted by Crippen LogP contribution is 2.22. The van der Waals surface area contributed by atoms with Gasteiger partial charge in [0, 0.05) is 43.1 Å². The van der Waals surface area contributed by atoms with Crippen LogP contribution in [0.4, 0.5) is 10.5 Å². The first kappa shape index (κ1) is 16.9. The van der Waals surface area contributed by atoms with E-state index in [-0.39, 0.29) is 13.1 Å². The van der Waals surface area contributed by atoms with Crippen LogP contribution in [0.1, 0.15) is 0 Å². The van der Waals surface area contributed by atoms with E-state index < -0.39 is 27.2 Å². The van der Waals surface area contributed by atoms with E-state index in [1.807, 2.05) is 28.4 Å². The van der Waals surface area contributed by atoms with Crippen LogP contribution in [0.15, 0.2) is 29.3 Å². The van der Waals surface area contributed by atoms with E-state index in [0.717, 1.165) is 11.9 Å². The van der Waals surface area contributed by atoms with Crippen molar-refractivity contribution in [2.45, 2.75) is 5.25 Å². The van der Waals surface area contributed by atoms with Crippen molar-refractivity contribution in [3.05, 3.63) is 29.3 Å². The zero-order chi connectivity index (χ0) is 17.3. The topological polar surface area (TPSA) is 99.2 Å². The van der Waals surface area contributed by atoms with Crippen LogP contribution < -0.4 is 10.2 Å². The van der Waals surface area contributed by atoms with Crippen LogP contribution >= 0.6 is 11.6 Å². The first-order valence-corrected chi connectivity index (χ1v) is 9.14. The van der Waals surface area contributed by atoms with Gasteiger partial charge in [-0.3, -0.25) is 10.1 Å². The fourth-order valence-electron chi connectivity index (χ4n) is 2.66. The summed E-state index contributed by atoms with van der Waals surface area (Å²) >= 11 is 5.98. The number of carbonyl (C=O) groups is 2. The Kier molecular flexibility index (Phi) is 4.57. The molecule has 128 valence electrons. The fourth-order valence-corrected chi connectivity index (χ4v) is 4.38. The Morgan fingerprint density at radius 1 is 1.17 bits per heavy atom. The minimum atomic E-state index is -3.90. The van der Waals surface area contributed by atoms with Gasteiger partial charge in [-0.05, 0) is 18.2 Å². The second kappa shape index (κ2) is 6.50. The quantitative estimate of drug-likeness (QED) is 0.834. The second-order valence-electron chi connectivity index (χ2n) is 5.40. The molecule has 2 aliphatic rings. The lowest BCUT2D eigenvalue weighted by Gasteiger charge is -2.36. The summed E-state index contributed by atoms with van der Waals surface area (Å²) < 4.78 is 26.4. The van der Waals surface area contributed by atoms with Gasteiger partial charge in [-0.2, -0.15) is 4.31 Å². The minimum Gasteiger partial charge on any atom is -0.369 e. The van der Waals surface area contributed by atoms with Crippen LogP contribution in [0.2, 0.25) is 5.02 Å². The van der Waals surface area contributed by atoms with E-state index in [4.69, 9.17) is 11.6 Å². The molecule has 2 aliphatic heterocycles. The molecule has 8 nitrogen and oxygen atoms in total. The number of rotatable bonds is 3. The first-order valence-electron chi connectivity index (χ1n) is 7.26. The molecule has 1 aromatic carbocycles. The number of hydrogen-bond acceptors (Lipinski definition) is 5. The van der Waals surface area contributed by atoms with E-state index in [9.17, 15) is 18.0 Å². The number of nitrogens with one attached hydrogen (secondary N) is 1. The molecular formula is C14H15ClN4O4S. The lowest BCUT2D eigenvalue weighted by Crippen LogP contribution is -2.56. The molecular weight excluding hydrogens is 356 g/mol. The Morgan fingerprint density at radius 2 is 1.88 bits per heavy atom. The molecule has 0 saturated carbocycles. The number of aliphatic imine (C=N–C) groups is 1. The third-order valence-electron chi connectivity index (χ3n) is 3.91. The van der Waals surface area contributed by atoms with Gasteiger partial charge in [-0.1, -0.05) is 17.7 Å². The van der Waals surface area contributed by atoms with Crippen molar-refractivity contribution >= 4 is 45.5 Å². The molecule has 2 heterocycles. The van der Waals surface area contributed by atoms with Gasteiger partial charge in [0.2, 0.25) is 10.0 Å². The average Bonchev–Trinajstić information content (AvgIpc) is 2.54. The first-order chi connectivity index (χ1) is 11.4. The predicted molar refractivity (Wildman–Crippen MR) is 90.0 cm³/mol. The second-order valence-corrected chi connectivity index (χ2v) is 7.89. The van der Waals surface area contributed by atoms with E-state index in [1.54, 1.807) is 6.07 Å². The molecule has 1 fully saturated rings. The fraction of sp³-hybridized carbons (Fsp3) is 0.357. The van der Waals surface area contributed by atoms with Gasteiger partial charge in [-0.15, -0.1) is 0 Å². The maximum Gasteiger partial charge on any atom is 0.347 e. The molecule has 0 aliphatic carbocycles. The zero-order valence-corrected chi connectivity index (χ0v) is 14.1. The van der Waals surface area contributed by atoms with Crippen LogP contribution in [0.5, 0.6) is 0 Å². The monoisotopic (exact) mass is 370 g/mol. The summed E-state index contributed by atoms with van der Waals surface area (Å²) in [4.78, 5) is 28.1. The van der Waals surface area contributed by atoms with Gasteiger partial charge in [0.1, 0.15) is 0 Å². The summed E-state index contributed by atoms with van der Waals surface area (Å²) in [5.41, 5.74) is 0.919. The number of nitrogens with zero attached hydrogens (tertiary/aromatic N) is 3. The van der Waals surface area contributed by atoms with Gasteiger partial charge in [-0.25, -0.2) is 18.2 Å². The highest BCUT2D eigenvalue weighted by atomic mass is 35.5. The third-order valence-corrected chi connectivity index (χ3v) is 6.21. The number of anilines is 1. The highest BCUT2D eigenvalue weighted by molar-refractivity contribution is 7.91. The maximum atomic E-state index is 12.6. The van der Waals surface area contributed by atoms with Crippen molar-refractivity contribution in [3.8, 4) is 0 Å². The van der Waals surface area contributed by atoms with Crippen molar-refractivity contribution in [1.29, 1.82) is 0 Å². The third kappa shape index (κ3) is 3.28. The molecule has 1 unspecified atom stereocenters. The van der Waals surface area contributed by atoms with E-state index >= 15 is 0 Å². The number of benzene rings is 1. The van der Waals surface area contributed by atoms with Crippen LogP contribution in [0.25, 0.3) is 0 Å². The van der Waals surface area contributed by atoms with Gasteiger partial charge < -0.3 is 4.90 Å². The SMILES string of the molecule is O=C1N=CC(S(=O)(=O)N2CCN(c3cccc(Cl)c3)CC2)C(=O)N1. The molecule has 0 radical (unpaired) electrons. The Labute approximate surface area is 144 Å². The van der Waals surface area contributed by atoms with Crippen LogP contribution in [0.3, 0.4) is 0 Å². The molecule has 0 bridgehead atoms. The number of sulfonamides is 1. The predicted octanol–water partition coefficient (Wildman–Crippen LogP) is 0.481. The van der Waals surface area contributed by atoms with E-state index in [2.05, 4.69) is 4.99 Å². The number of amides is 3. The number of carbonyl (C=O) groups excluding carboxylic acids is 2. The van der Waals surface area contributed by atoms with Gasteiger partial charge in [0.15, 0.2) is 5.25 Å². The average molecular weight is 371 g/mol. The lowest BCUT2D eigenvalue weighted by molar-refractivity contribution is -0.118. The van der Waals surface area contributed by atoms with Crippen LogP contribution in [-0.4, -0.2) is 62.3 Å². The zero-order valence-electron chi connectivity index (χ0n) is 12.6. The Balaban J connectivity index is 1.71. The molecule has 0 spiro atoms. The molecule has 1 saturated heterocycles. The lowest BCUT2D eigenvalue weighted by atomic mass is 10.2. The number of urea groups is 1. The van der Waals surface area contributed by atoms with Crippen molar-refractivity contribution in [1.82, 2.24) is 9.62 Å². The maximum absolute atomic E-state index is 12.6. The van der Waals surface area contributed by atoms with E-state index in [0.29, 0.717) is 18.1 Å². The van der Waals surface area contributed by atoms with Crippen molar-refractivity contribution in [2.24, 2.45) is 4.99 Å². The molecule has 0 aromatic heterocycles. The summed E-state index contributed by atoms with van der Waals surface area (Å²) in [7, 11) is -3.90. The number of halogens is 1. The van der Waals surface area contributed by atoms with Crippen LogP contribution in [-0.2, 0) is 14.8 Å². The Hall–Kier alpha value is -1.97. The molecule has 1 atom stereocenters. The number of piperazine rings is 1. The van der Waals surface area contributed by atoms with Crippen molar-refractivity contribution in [2.75, 3.05) is 31.1 Å². The summed E-state index contributed by atoms with van der Waals surface area (Å²) in [6.07, 6.45) is 0.889. The molecule has 24 heavy (non-hydrogen) atoms. The highest BCUT2D eigenvalue weighted by Gasteiger charge is 2.40. The van der Waals surface area contributed by atoms with Gasteiger partial charge in [0.25, 0.3) is 5.91 Å². The summed E-state index contributed by atoms with van der Waals surface area (Å²) in [5, 5.41) is 1.06.